The summed E-state index contributed by atoms with van der Waals surface area (Å²) in [4.78, 5) is 23.7. The smallest absolute Gasteiger partial charge is 0.242 e. The molecule has 6 heteroatoms. The van der Waals surface area contributed by atoms with Crippen molar-refractivity contribution in [2.75, 3.05) is 19.6 Å². The first kappa shape index (κ1) is 16.2. The van der Waals surface area contributed by atoms with Crippen LogP contribution in [0.2, 0.25) is 0 Å². The summed E-state index contributed by atoms with van der Waals surface area (Å²) in [5, 5.41) is 8.86. The first-order valence-corrected chi connectivity index (χ1v) is 6.95. The normalized spacial score (nSPS) is 21.1. The molecule has 2 fully saturated rings. The molecular weight excluding hydrogens is 266 g/mol. The molecule has 1 atom stereocenters. The van der Waals surface area contributed by atoms with E-state index in [1.165, 1.54) is 0 Å². The van der Waals surface area contributed by atoms with Crippen molar-refractivity contribution in [3.63, 3.8) is 0 Å². The van der Waals surface area contributed by atoms with Gasteiger partial charge in [-0.05, 0) is 19.8 Å². The van der Waals surface area contributed by atoms with Gasteiger partial charge in [0, 0.05) is 31.5 Å². The second-order valence-electron chi connectivity index (χ2n) is 5.48. The standard InChI is InChI=1S/C13H23N3O2.ClH/c1-9(12(17)15-8-10-6-14-7-10)16-13(18)11-4-2-3-5-11;/h9-11,14H,2-8H2,1H3,(H,15,17)(H,16,18);1H. The van der Waals surface area contributed by atoms with Gasteiger partial charge in [0.25, 0.3) is 0 Å². The molecule has 2 aliphatic rings. The summed E-state index contributed by atoms with van der Waals surface area (Å²) in [5.74, 6) is 0.636. The van der Waals surface area contributed by atoms with Gasteiger partial charge >= 0.3 is 0 Å². The first-order valence-electron chi connectivity index (χ1n) is 6.95. The maximum Gasteiger partial charge on any atom is 0.242 e. The van der Waals surface area contributed by atoms with Gasteiger partial charge in [0.1, 0.15) is 6.04 Å². The zero-order valence-corrected chi connectivity index (χ0v) is 12.2. The summed E-state index contributed by atoms with van der Waals surface area (Å²) in [6.45, 7) is 4.41. The molecule has 19 heavy (non-hydrogen) atoms. The number of carbonyl (C=O) groups excluding carboxylic acids is 2. The van der Waals surface area contributed by atoms with Gasteiger partial charge in [-0.3, -0.25) is 9.59 Å². The lowest BCUT2D eigenvalue weighted by atomic mass is 10.0. The zero-order valence-electron chi connectivity index (χ0n) is 11.4. The molecule has 0 bridgehead atoms. The molecule has 2 rings (SSSR count). The van der Waals surface area contributed by atoms with E-state index in [1.807, 2.05) is 0 Å². The van der Waals surface area contributed by atoms with E-state index in [-0.39, 0.29) is 30.1 Å². The molecular formula is C13H24ClN3O2. The third-order valence-corrected chi connectivity index (χ3v) is 3.91. The maximum atomic E-state index is 11.9. The number of amides is 2. The number of carbonyl (C=O) groups is 2. The molecule has 3 N–H and O–H groups in total. The Labute approximate surface area is 120 Å². The predicted octanol–water partition coefficient (Wildman–Crippen LogP) is 0.439. The summed E-state index contributed by atoms with van der Waals surface area (Å²) < 4.78 is 0. The van der Waals surface area contributed by atoms with Gasteiger partial charge in [-0.25, -0.2) is 0 Å². The molecule has 5 nitrogen and oxygen atoms in total. The Kier molecular flexibility index (Phi) is 6.58. The van der Waals surface area contributed by atoms with Crippen LogP contribution < -0.4 is 16.0 Å². The first-order chi connectivity index (χ1) is 8.66. The molecule has 0 radical (unpaired) electrons. The molecule has 110 valence electrons. The second-order valence-corrected chi connectivity index (χ2v) is 5.48. The number of halogens is 1. The minimum Gasteiger partial charge on any atom is -0.354 e. The van der Waals surface area contributed by atoms with Crippen molar-refractivity contribution >= 4 is 24.2 Å². The van der Waals surface area contributed by atoms with Crippen LogP contribution >= 0.6 is 12.4 Å². The van der Waals surface area contributed by atoms with Crippen molar-refractivity contribution in [1.29, 1.82) is 0 Å². The van der Waals surface area contributed by atoms with E-state index in [4.69, 9.17) is 0 Å². The second kappa shape index (κ2) is 7.70. The summed E-state index contributed by atoms with van der Waals surface area (Å²) in [7, 11) is 0. The summed E-state index contributed by atoms with van der Waals surface area (Å²) in [5.41, 5.74) is 0. The lowest BCUT2D eigenvalue weighted by molar-refractivity contribution is -0.130. The predicted molar refractivity (Wildman–Crippen MR) is 76.2 cm³/mol. The third kappa shape index (κ3) is 4.66. The summed E-state index contributed by atoms with van der Waals surface area (Å²) >= 11 is 0. The van der Waals surface area contributed by atoms with Crippen molar-refractivity contribution < 1.29 is 9.59 Å². The van der Waals surface area contributed by atoms with E-state index < -0.39 is 6.04 Å². The van der Waals surface area contributed by atoms with Crippen LogP contribution in [0.4, 0.5) is 0 Å². The highest BCUT2D eigenvalue weighted by atomic mass is 35.5. The molecule has 1 unspecified atom stereocenters. The summed E-state index contributed by atoms with van der Waals surface area (Å²) in [6, 6.07) is -0.425. The van der Waals surface area contributed by atoms with Crippen molar-refractivity contribution in [2.45, 2.75) is 38.6 Å². The Morgan fingerprint density at radius 1 is 1.26 bits per heavy atom. The number of rotatable bonds is 5. The van der Waals surface area contributed by atoms with Crippen LogP contribution in [0.1, 0.15) is 32.6 Å². The molecule has 1 saturated carbocycles. The summed E-state index contributed by atoms with van der Waals surface area (Å²) in [6.07, 6.45) is 4.20. The van der Waals surface area contributed by atoms with E-state index in [1.54, 1.807) is 6.92 Å². The maximum absolute atomic E-state index is 11.9. The van der Waals surface area contributed by atoms with Crippen LogP contribution in [-0.4, -0.2) is 37.5 Å². The van der Waals surface area contributed by atoms with Crippen LogP contribution in [0.15, 0.2) is 0 Å². The fourth-order valence-corrected chi connectivity index (χ4v) is 2.48. The van der Waals surface area contributed by atoms with Gasteiger partial charge in [0.05, 0.1) is 0 Å². The molecule has 1 aliphatic carbocycles. The molecule has 0 aromatic carbocycles. The fourth-order valence-electron chi connectivity index (χ4n) is 2.48. The lowest BCUT2D eigenvalue weighted by Crippen LogP contribution is -2.52. The largest absolute Gasteiger partial charge is 0.354 e. The van der Waals surface area contributed by atoms with E-state index in [0.717, 1.165) is 38.8 Å². The Bertz CT molecular complexity index is 315. The molecule has 0 aromatic rings. The van der Waals surface area contributed by atoms with Crippen molar-refractivity contribution in [3.8, 4) is 0 Å². The fraction of sp³-hybridized carbons (Fsp3) is 0.846. The third-order valence-electron chi connectivity index (χ3n) is 3.91. The topological polar surface area (TPSA) is 70.2 Å². The Balaban J connectivity index is 0.00000180. The molecule has 2 amide bonds. The number of hydrogen-bond acceptors (Lipinski definition) is 3. The minimum absolute atomic E-state index is 0. The van der Waals surface area contributed by atoms with Crippen LogP contribution in [-0.2, 0) is 9.59 Å². The highest BCUT2D eigenvalue weighted by Crippen LogP contribution is 2.24. The van der Waals surface area contributed by atoms with Crippen molar-refractivity contribution in [1.82, 2.24) is 16.0 Å². The van der Waals surface area contributed by atoms with Crippen LogP contribution in [0, 0.1) is 11.8 Å². The SMILES string of the molecule is CC(NC(=O)C1CCCC1)C(=O)NCC1CNC1.Cl. The van der Waals surface area contributed by atoms with E-state index in [2.05, 4.69) is 16.0 Å². The van der Waals surface area contributed by atoms with Gasteiger partial charge < -0.3 is 16.0 Å². The van der Waals surface area contributed by atoms with Crippen molar-refractivity contribution in [3.05, 3.63) is 0 Å². The van der Waals surface area contributed by atoms with Crippen LogP contribution in [0.5, 0.6) is 0 Å². The average molecular weight is 290 g/mol. The van der Waals surface area contributed by atoms with Gasteiger partial charge in [0.15, 0.2) is 0 Å². The monoisotopic (exact) mass is 289 g/mol. The Morgan fingerprint density at radius 3 is 2.42 bits per heavy atom. The van der Waals surface area contributed by atoms with Gasteiger partial charge in [-0.1, -0.05) is 12.8 Å². The van der Waals surface area contributed by atoms with Crippen molar-refractivity contribution in [2.24, 2.45) is 11.8 Å². The Hall–Kier alpha value is -0.810. The lowest BCUT2D eigenvalue weighted by Gasteiger charge is -2.27. The quantitative estimate of drug-likeness (QED) is 0.688. The molecule has 0 aromatic heterocycles. The van der Waals surface area contributed by atoms with E-state index in [0.29, 0.717) is 12.5 Å². The Morgan fingerprint density at radius 2 is 1.89 bits per heavy atom. The van der Waals surface area contributed by atoms with Gasteiger partial charge in [-0.15, -0.1) is 12.4 Å². The minimum atomic E-state index is -0.425. The van der Waals surface area contributed by atoms with E-state index in [9.17, 15) is 9.59 Å². The van der Waals surface area contributed by atoms with Crippen LogP contribution in [0.25, 0.3) is 0 Å². The highest BCUT2D eigenvalue weighted by Gasteiger charge is 2.26. The van der Waals surface area contributed by atoms with Gasteiger partial charge in [0.2, 0.25) is 11.8 Å². The zero-order chi connectivity index (χ0) is 13.0. The molecule has 1 aliphatic heterocycles. The highest BCUT2D eigenvalue weighted by molar-refractivity contribution is 5.88. The molecule has 1 heterocycles. The molecule has 0 spiro atoms. The van der Waals surface area contributed by atoms with E-state index >= 15 is 0 Å². The number of nitrogens with one attached hydrogen (secondary N) is 3. The van der Waals surface area contributed by atoms with Gasteiger partial charge in [-0.2, -0.15) is 0 Å². The average Bonchev–Trinajstić information content (AvgIpc) is 2.79. The molecule has 1 saturated heterocycles. The van der Waals surface area contributed by atoms with Crippen LogP contribution in [0.3, 0.4) is 0 Å². The number of hydrogen-bond donors (Lipinski definition) is 3.